The lowest BCUT2D eigenvalue weighted by molar-refractivity contribution is -0.215. The minimum atomic E-state index is -1.36. The Hall–Kier alpha value is -3.11. The van der Waals surface area contributed by atoms with E-state index in [2.05, 4.69) is 0 Å². The van der Waals surface area contributed by atoms with E-state index in [4.69, 9.17) is 18.6 Å². The second-order valence-corrected chi connectivity index (χ2v) is 7.56. The highest BCUT2D eigenvalue weighted by Gasteiger charge is 2.52. The van der Waals surface area contributed by atoms with E-state index in [-0.39, 0.29) is 28.2 Å². The summed E-state index contributed by atoms with van der Waals surface area (Å²) in [5, 5.41) is 40.5. The van der Waals surface area contributed by atoms with Crippen LogP contribution in [0.15, 0.2) is 45.6 Å². The molecule has 2 aromatic carbocycles. The molecule has 0 saturated carbocycles. The maximum absolute atomic E-state index is 12.9. The van der Waals surface area contributed by atoms with Gasteiger partial charge in [0.2, 0.25) is 0 Å². The van der Waals surface area contributed by atoms with Crippen LogP contribution in [0.25, 0.3) is 22.3 Å². The van der Waals surface area contributed by atoms with Crippen LogP contribution in [0.5, 0.6) is 17.2 Å². The Balaban J connectivity index is 1.70. The van der Waals surface area contributed by atoms with E-state index >= 15 is 0 Å². The maximum atomic E-state index is 12.9. The molecule has 1 fully saturated rings. The van der Waals surface area contributed by atoms with Gasteiger partial charge in [0, 0.05) is 17.7 Å². The van der Waals surface area contributed by atoms with Crippen LogP contribution in [0.1, 0.15) is 11.7 Å². The van der Waals surface area contributed by atoms with Crippen molar-refractivity contribution < 1.29 is 39.1 Å². The number of aliphatic hydroxyl groups excluding tert-OH is 3. The van der Waals surface area contributed by atoms with Gasteiger partial charge in [0.05, 0.1) is 19.3 Å². The normalized spacial score (nSPS) is 26.9. The van der Waals surface area contributed by atoms with E-state index < -0.39 is 42.6 Å². The van der Waals surface area contributed by atoms with E-state index in [9.17, 15) is 25.2 Å². The third kappa shape index (κ3) is 2.97. The Kier molecular flexibility index (Phi) is 4.63. The van der Waals surface area contributed by atoms with Crippen molar-refractivity contribution in [2.45, 2.75) is 30.5 Å². The summed E-state index contributed by atoms with van der Waals surface area (Å²) in [6.07, 6.45) is -5.67. The smallest absolute Gasteiger partial charge is 0.197 e. The molecule has 0 amide bonds. The van der Waals surface area contributed by atoms with Crippen molar-refractivity contribution in [3.63, 3.8) is 0 Å². The summed E-state index contributed by atoms with van der Waals surface area (Å²) in [5.74, 6) is 0.724. The van der Waals surface area contributed by atoms with Gasteiger partial charge in [-0.05, 0) is 24.3 Å². The molecule has 5 atom stereocenters. The SMILES string of the molecule is COc1ccc(-c2cc(=O)c3c(O)cc4c(c3o2)[C@@H]2O[C@H](CO)[C@@H](O)[C@H](O)[C@@H]2O4)cc1. The highest BCUT2D eigenvalue weighted by atomic mass is 16.6. The van der Waals surface area contributed by atoms with Crippen molar-refractivity contribution in [2.24, 2.45) is 0 Å². The largest absolute Gasteiger partial charge is 0.507 e. The minimum Gasteiger partial charge on any atom is -0.507 e. The molecule has 1 saturated heterocycles. The van der Waals surface area contributed by atoms with E-state index in [1.165, 1.54) is 12.1 Å². The van der Waals surface area contributed by atoms with Crippen LogP contribution in [-0.2, 0) is 4.74 Å². The van der Waals surface area contributed by atoms with E-state index in [0.29, 0.717) is 16.9 Å². The number of fused-ring (bicyclic) bond motifs is 5. The molecule has 0 aliphatic carbocycles. The molecular formula is C22H20O9. The second kappa shape index (κ2) is 7.24. The Bertz CT molecular complexity index is 1200. The number of phenolic OH excluding ortho intramolecular Hbond substituents is 1. The van der Waals surface area contributed by atoms with Gasteiger partial charge < -0.3 is 39.1 Å². The van der Waals surface area contributed by atoms with Crippen molar-refractivity contribution in [3.8, 4) is 28.6 Å². The highest BCUT2D eigenvalue weighted by molar-refractivity contribution is 5.90. The number of rotatable bonds is 3. The number of aliphatic hydroxyl groups is 3. The third-order valence-corrected chi connectivity index (χ3v) is 5.77. The first kappa shape index (κ1) is 19.8. The van der Waals surface area contributed by atoms with Crippen LogP contribution in [-0.4, -0.2) is 58.6 Å². The molecule has 0 bridgehead atoms. The lowest BCUT2D eigenvalue weighted by atomic mass is 9.92. The second-order valence-electron chi connectivity index (χ2n) is 7.56. The Morgan fingerprint density at radius 2 is 1.84 bits per heavy atom. The zero-order chi connectivity index (χ0) is 21.9. The highest BCUT2D eigenvalue weighted by Crippen LogP contribution is 2.49. The average Bonchev–Trinajstić information content (AvgIpc) is 3.14. The summed E-state index contributed by atoms with van der Waals surface area (Å²) in [5.41, 5.74) is 0.530. The molecule has 3 aromatic rings. The molecular weight excluding hydrogens is 408 g/mol. The lowest BCUT2D eigenvalue weighted by Crippen LogP contribution is -2.55. The van der Waals surface area contributed by atoms with Crippen molar-refractivity contribution in [1.82, 2.24) is 0 Å². The third-order valence-electron chi connectivity index (χ3n) is 5.77. The van der Waals surface area contributed by atoms with Gasteiger partial charge in [-0.1, -0.05) is 0 Å². The summed E-state index contributed by atoms with van der Waals surface area (Å²) in [4.78, 5) is 12.9. The average molecular weight is 428 g/mol. The number of hydrogen-bond donors (Lipinski definition) is 4. The fourth-order valence-electron chi connectivity index (χ4n) is 4.18. The predicted molar refractivity (Wildman–Crippen MR) is 107 cm³/mol. The Morgan fingerprint density at radius 1 is 1.10 bits per heavy atom. The topological polar surface area (TPSA) is 139 Å². The van der Waals surface area contributed by atoms with Crippen molar-refractivity contribution in [2.75, 3.05) is 13.7 Å². The first-order valence-corrected chi connectivity index (χ1v) is 9.70. The van der Waals surface area contributed by atoms with Crippen molar-refractivity contribution in [3.05, 3.63) is 52.2 Å². The fourth-order valence-corrected chi connectivity index (χ4v) is 4.18. The molecule has 0 unspecified atom stereocenters. The van der Waals surface area contributed by atoms with Crippen LogP contribution in [0.3, 0.4) is 0 Å². The van der Waals surface area contributed by atoms with Gasteiger partial charge in [0.25, 0.3) is 0 Å². The van der Waals surface area contributed by atoms with Crippen molar-refractivity contribution in [1.29, 1.82) is 0 Å². The number of hydrogen-bond acceptors (Lipinski definition) is 9. The van der Waals surface area contributed by atoms with Crippen LogP contribution < -0.4 is 14.9 Å². The standard InChI is InChI=1S/C22H20O9/c1-28-10-4-2-9(3-5-10)13-6-11(24)16-12(25)7-14-17(20(16)29-13)21-22(30-14)19(27)18(26)15(8-23)31-21/h2-7,15,18-19,21-23,25-27H,8H2,1H3/t15-,18-,19+,21+,22+/m1/s1. The predicted octanol–water partition coefficient (Wildman–Crippen LogP) is 1.09. The number of ether oxygens (including phenoxy) is 3. The number of phenols is 1. The lowest BCUT2D eigenvalue weighted by Gasteiger charge is -2.38. The van der Waals surface area contributed by atoms with Gasteiger partial charge in [-0.15, -0.1) is 0 Å². The summed E-state index contributed by atoms with van der Waals surface area (Å²) in [7, 11) is 1.54. The number of methoxy groups -OCH3 is 1. The molecule has 1 aromatic heterocycles. The van der Waals surface area contributed by atoms with Gasteiger partial charge in [0.1, 0.15) is 52.8 Å². The Labute approximate surface area is 175 Å². The van der Waals surface area contributed by atoms with Gasteiger partial charge in [-0.2, -0.15) is 0 Å². The quantitative estimate of drug-likeness (QED) is 0.483. The summed E-state index contributed by atoms with van der Waals surface area (Å²) >= 11 is 0. The van der Waals surface area contributed by atoms with E-state index in [1.54, 1.807) is 31.4 Å². The van der Waals surface area contributed by atoms with E-state index in [1.807, 2.05) is 0 Å². The molecule has 0 spiro atoms. The van der Waals surface area contributed by atoms with Gasteiger partial charge in [0.15, 0.2) is 17.1 Å². The van der Waals surface area contributed by atoms with E-state index in [0.717, 1.165) is 0 Å². The molecule has 9 nitrogen and oxygen atoms in total. The first-order valence-electron chi connectivity index (χ1n) is 9.70. The molecule has 4 N–H and O–H groups in total. The summed E-state index contributed by atoms with van der Waals surface area (Å²) < 4.78 is 22.7. The van der Waals surface area contributed by atoms with Crippen LogP contribution in [0.2, 0.25) is 0 Å². The van der Waals surface area contributed by atoms with Gasteiger partial charge >= 0.3 is 0 Å². The molecule has 2 aliphatic heterocycles. The zero-order valence-electron chi connectivity index (χ0n) is 16.4. The van der Waals surface area contributed by atoms with Crippen LogP contribution in [0, 0.1) is 0 Å². The molecule has 162 valence electrons. The minimum absolute atomic E-state index is 0.0509. The summed E-state index contributed by atoms with van der Waals surface area (Å²) in [6, 6.07) is 9.43. The van der Waals surface area contributed by atoms with Crippen molar-refractivity contribution >= 4 is 11.0 Å². The first-order chi connectivity index (χ1) is 14.9. The monoisotopic (exact) mass is 428 g/mol. The fraction of sp³-hybridized carbons (Fsp3) is 0.318. The Morgan fingerprint density at radius 3 is 2.52 bits per heavy atom. The number of benzene rings is 2. The van der Waals surface area contributed by atoms with Gasteiger partial charge in [-0.3, -0.25) is 4.79 Å². The maximum Gasteiger partial charge on any atom is 0.197 e. The number of aromatic hydroxyl groups is 1. The zero-order valence-corrected chi connectivity index (χ0v) is 16.4. The van der Waals surface area contributed by atoms with Gasteiger partial charge in [-0.25, -0.2) is 0 Å². The molecule has 5 rings (SSSR count). The van der Waals surface area contributed by atoms with Crippen LogP contribution in [0.4, 0.5) is 0 Å². The molecule has 0 radical (unpaired) electrons. The van der Waals surface area contributed by atoms with Crippen LogP contribution >= 0.6 is 0 Å². The summed E-state index contributed by atoms with van der Waals surface area (Å²) in [6.45, 7) is -0.520. The molecule has 2 aliphatic rings. The molecule has 3 heterocycles. The molecule has 9 heteroatoms. The molecule has 31 heavy (non-hydrogen) atoms.